The third-order valence-corrected chi connectivity index (χ3v) is 7.12. The molecule has 1 amide bonds. The van der Waals surface area contributed by atoms with E-state index in [0.29, 0.717) is 22.6 Å². The predicted octanol–water partition coefficient (Wildman–Crippen LogP) is 7.68. The number of ether oxygens (including phenoxy) is 2. The average Bonchev–Trinajstić information content (AvgIpc) is 3.55. The van der Waals surface area contributed by atoms with Crippen molar-refractivity contribution < 1.29 is 19.2 Å². The number of hydrogen-bond acceptors (Lipinski definition) is 7. The Hall–Kier alpha value is -6.55. The number of aromatic nitrogens is 2. The Morgan fingerprint density at radius 2 is 1.48 bits per heavy atom. The van der Waals surface area contributed by atoms with Gasteiger partial charge in [-0.15, -0.1) is 0 Å². The summed E-state index contributed by atoms with van der Waals surface area (Å²) in [4.78, 5) is 27.2. The van der Waals surface area contributed by atoms with Crippen LogP contribution in [0.3, 0.4) is 0 Å². The Balaban J connectivity index is 1.16. The highest BCUT2D eigenvalue weighted by molar-refractivity contribution is 5.95. The predicted molar refractivity (Wildman–Crippen MR) is 176 cm³/mol. The molecule has 0 spiro atoms. The molecule has 46 heavy (non-hydrogen) atoms. The standard InChI is InChI=1S/C36H27N5O5/c1-45-34-22-25(12-20-33(34)46-35-21-17-30(24-37-35)41(43)44)23-38-39-36(42)28-13-15-29(16-14-28)40-31(26-8-4-2-5-9-26)18-19-32(40)27-10-6-3-7-11-27/h2-24H,1H3,(H,39,42)/b38-23-. The third-order valence-electron chi connectivity index (χ3n) is 7.12. The number of methoxy groups -OCH3 is 1. The van der Waals surface area contributed by atoms with Gasteiger partial charge in [-0.3, -0.25) is 14.9 Å². The first kappa shape index (κ1) is 29.5. The molecule has 2 aromatic heterocycles. The Labute approximate surface area is 264 Å². The molecule has 0 bridgehead atoms. The topological polar surface area (TPSA) is 121 Å². The van der Waals surface area contributed by atoms with E-state index in [9.17, 15) is 14.9 Å². The van der Waals surface area contributed by atoms with Gasteiger partial charge in [0.05, 0.1) is 29.6 Å². The zero-order valence-corrected chi connectivity index (χ0v) is 24.6. The van der Waals surface area contributed by atoms with Crippen molar-refractivity contribution in [3.8, 4) is 45.6 Å². The van der Waals surface area contributed by atoms with Crippen molar-refractivity contribution in [2.75, 3.05) is 7.11 Å². The zero-order valence-electron chi connectivity index (χ0n) is 24.6. The van der Waals surface area contributed by atoms with Crippen LogP contribution in [0.1, 0.15) is 15.9 Å². The second kappa shape index (κ2) is 13.4. The molecule has 6 rings (SSSR count). The molecule has 6 aromatic rings. The van der Waals surface area contributed by atoms with E-state index in [1.807, 2.05) is 48.5 Å². The molecule has 0 aliphatic rings. The number of rotatable bonds is 10. The van der Waals surface area contributed by atoms with Crippen LogP contribution in [-0.4, -0.2) is 33.7 Å². The Morgan fingerprint density at radius 1 is 0.826 bits per heavy atom. The first-order valence-corrected chi connectivity index (χ1v) is 14.2. The first-order chi connectivity index (χ1) is 22.5. The number of hydrazone groups is 1. The third kappa shape index (κ3) is 6.51. The van der Waals surface area contributed by atoms with E-state index in [-0.39, 0.29) is 17.5 Å². The lowest BCUT2D eigenvalue weighted by atomic mass is 10.1. The lowest BCUT2D eigenvalue weighted by Gasteiger charge is -2.15. The molecular weight excluding hydrogens is 582 g/mol. The maximum atomic E-state index is 12.9. The minimum absolute atomic E-state index is 0.140. The van der Waals surface area contributed by atoms with Gasteiger partial charge in [0.2, 0.25) is 5.88 Å². The van der Waals surface area contributed by atoms with Crippen molar-refractivity contribution in [2.45, 2.75) is 0 Å². The number of amides is 1. The van der Waals surface area contributed by atoms with Gasteiger partial charge in [-0.05, 0) is 71.3 Å². The van der Waals surface area contributed by atoms with Gasteiger partial charge in [0.15, 0.2) is 11.5 Å². The highest BCUT2D eigenvalue weighted by Crippen LogP contribution is 2.33. The Bertz CT molecular complexity index is 1950. The molecule has 226 valence electrons. The summed E-state index contributed by atoms with van der Waals surface area (Å²) in [6.45, 7) is 0. The quantitative estimate of drug-likeness (QED) is 0.0966. The average molecular weight is 610 g/mol. The minimum Gasteiger partial charge on any atom is -0.493 e. The molecule has 0 saturated carbocycles. The Kier molecular flexibility index (Phi) is 8.60. The molecule has 0 saturated heterocycles. The van der Waals surface area contributed by atoms with E-state index in [1.54, 1.807) is 30.3 Å². The minimum atomic E-state index is -0.535. The normalized spacial score (nSPS) is 10.9. The van der Waals surface area contributed by atoms with Crippen LogP contribution >= 0.6 is 0 Å². The fraction of sp³-hybridized carbons (Fsp3) is 0.0278. The van der Waals surface area contributed by atoms with Gasteiger partial charge < -0.3 is 14.0 Å². The highest BCUT2D eigenvalue weighted by atomic mass is 16.6. The smallest absolute Gasteiger partial charge is 0.287 e. The lowest BCUT2D eigenvalue weighted by molar-refractivity contribution is -0.385. The molecule has 10 heteroatoms. The van der Waals surface area contributed by atoms with Crippen molar-refractivity contribution in [2.24, 2.45) is 5.10 Å². The Morgan fingerprint density at radius 3 is 2.04 bits per heavy atom. The SMILES string of the molecule is COc1cc(/C=N\NC(=O)c2ccc(-n3c(-c4ccccc4)ccc3-c3ccccc3)cc2)ccc1Oc1ccc([N+](=O)[O-])cn1. The van der Waals surface area contributed by atoms with Crippen LogP contribution in [-0.2, 0) is 0 Å². The fourth-order valence-electron chi connectivity index (χ4n) is 4.88. The van der Waals surface area contributed by atoms with Gasteiger partial charge in [-0.25, -0.2) is 10.4 Å². The molecule has 0 atom stereocenters. The van der Waals surface area contributed by atoms with E-state index < -0.39 is 4.92 Å². The molecule has 2 heterocycles. The van der Waals surface area contributed by atoms with Crippen LogP contribution in [0.2, 0.25) is 0 Å². The van der Waals surface area contributed by atoms with Crippen LogP contribution < -0.4 is 14.9 Å². The molecule has 0 unspecified atom stereocenters. The summed E-state index contributed by atoms with van der Waals surface area (Å²) in [6.07, 6.45) is 2.60. The molecule has 0 fully saturated rings. The second-order valence-electron chi connectivity index (χ2n) is 10.0. The molecule has 0 aliphatic heterocycles. The number of nitrogens with zero attached hydrogens (tertiary/aromatic N) is 4. The van der Waals surface area contributed by atoms with Crippen LogP contribution in [0.4, 0.5) is 5.69 Å². The zero-order chi connectivity index (χ0) is 31.9. The number of hydrogen-bond donors (Lipinski definition) is 1. The maximum absolute atomic E-state index is 12.9. The van der Waals surface area contributed by atoms with Crippen LogP contribution in [0.15, 0.2) is 139 Å². The first-order valence-electron chi connectivity index (χ1n) is 14.2. The molecule has 0 radical (unpaired) electrons. The summed E-state index contributed by atoms with van der Waals surface area (Å²) in [5, 5.41) is 15.0. The second-order valence-corrected chi connectivity index (χ2v) is 10.0. The summed E-state index contributed by atoms with van der Waals surface area (Å²) in [5.41, 5.74) is 8.69. The number of benzene rings is 4. The molecular formula is C36H27N5O5. The summed E-state index contributed by atoms with van der Waals surface area (Å²) < 4.78 is 13.3. The number of carbonyl (C=O) groups excluding carboxylic acids is 1. The van der Waals surface area contributed by atoms with Gasteiger partial charge in [-0.1, -0.05) is 60.7 Å². The maximum Gasteiger partial charge on any atom is 0.287 e. The number of pyridine rings is 1. The molecule has 0 aliphatic carbocycles. The van der Waals surface area contributed by atoms with Crippen molar-refractivity contribution >= 4 is 17.8 Å². The number of carbonyl (C=O) groups is 1. The summed E-state index contributed by atoms with van der Waals surface area (Å²) in [7, 11) is 1.48. The van der Waals surface area contributed by atoms with Gasteiger partial charge in [0.25, 0.3) is 11.6 Å². The van der Waals surface area contributed by atoms with Crippen molar-refractivity contribution in [1.29, 1.82) is 0 Å². The van der Waals surface area contributed by atoms with E-state index in [0.717, 1.165) is 34.4 Å². The van der Waals surface area contributed by atoms with Gasteiger partial charge in [0.1, 0.15) is 6.20 Å². The van der Waals surface area contributed by atoms with Crippen LogP contribution in [0, 0.1) is 10.1 Å². The van der Waals surface area contributed by atoms with Gasteiger partial charge in [-0.2, -0.15) is 5.10 Å². The van der Waals surface area contributed by atoms with Crippen molar-refractivity contribution in [3.63, 3.8) is 0 Å². The summed E-state index contributed by atoms with van der Waals surface area (Å²) in [6, 6.07) is 39.7. The van der Waals surface area contributed by atoms with Crippen LogP contribution in [0.5, 0.6) is 17.4 Å². The lowest BCUT2D eigenvalue weighted by Crippen LogP contribution is -2.17. The van der Waals surface area contributed by atoms with E-state index in [1.165, 1.54) is 25.5 Å². The highest BCUT2D eigenvalue weighted by Gasteiger charge is 2.15. The number of nitro groups is 1. The summed E-state index contributed by atoms with van der Waals surface area (Å²) in [5.74, 6) is 0.561. The van der Waals surface area contributed by atoms with E-state index in [2.05, 4.69) is 56.5 Å². The van der Waals surface area contributed by atoms with Gasteiger partial charge >= 0.3 is 0 Å². The van der Waals surface area contributed by atoms with Gasteiger partial charge in [0, 0.05) is 23.4 Å². The van der Waals surface area contributed by atoms with Crippen LogP contribution in [0.25, 0.3) is 28.2 Å². The van der Waals surface area contributed by atoms with E-state index in [4.69, 9.17) is 9.47 Å². The summed E-state index contributed by atoms with van der Waals surface area (Å²) >= 11 is 0. The van der Waals surface area contributed by atoms with E-state index >= 15 is 0 Å². The molecule has 1 N–H and O–H groups in total. The number of nitrogens with one attached hydrogen (secondary N) is 1. The monoisotopic (exact) mass is 609 g/mol. The van der Waals surface area contributed by atoms with Crippen molar-refractivity contribution in [3.05, 3.63) is 155 Å². The molecule has 4 aromatic carbocycles. The largest absolute Gasteiger partial charge is 0.493 e. The van der Waals surface area contributed by atoms with Crippen molar-refractivity contribution in [1.82, 2.24) is 15.0 Å². The fourth-order valence-corrected chi connectivity index (χ4v) is 4.88. The molecule has 10 nitrogen and oxygen atoms in total.